The number of methoxy groups -OCH3 is 1. The Hall–Kier alpha value is -3.18. The standard InChI is InChI=1S/C38H55NO10/c1-24(28-10-11-29-36-30(16-18-38(28,29)3)37(2)17-15-27(40)22-26(37)23-31(36)41)7-13-35(43)49-32-12-8-25(21-33(32)46-4)9-14-34(42)47-19-5-6-20-48-39(44)45/h8-9,12,14,21,24,26-31,36,40-41H,5-7,10-11,13,15-20,22-23H2,1-4H3/t24-,26?,27-,28-,29?,30?,31-,36?,37?,38?/m1/s1. The summed E-state index contributed by atoms with van der Waals surface area (Å²) in [4.78, 5) is 39.4. The summed E-state index contributed by atoms with van der Waals surface area (Å²) in [6, 6.07) is 5.05. The summed E-state index contributed by atoms with van der Waals surface area (Å²) in [7, 11) is 1.49. The zero-order chi connectivity index (χ0) is 35.3. The molecule has 10 atom stereocenters. The third-order valence-corrected chi connectivity index (χ3v) is 13.0. The van der Waals surface area contributed by atoms with Crippen molar-refractivity contribution in [1.29, 1.82) is 0 Å². The third kappa shape index (κ3) is 8.25. The van der Waals surface area contributed by atoms with Crippen molar-refractivity contribution in [1.82, 2.24) is 0 Å². The van der Waals surface area contributed by atoms with E-state index in [1.807, 2.05) is 0 Å². The van der Waals surface area contributed by atoms with Gasteiger partial charge in [-0.3, -0.25) is 4.79 Å². The Morgan fingerprint density at radius 1 is 1.02 bits per heavy atom. The van der Waals surface area contributed by atoms with Crippen LogP contribution in [0.1, 0.15) is 103 Å². The number of rotatable bonds is 14. The maximum Gasteiger partial charge on any atom is 0.330 e. The van der Waals surface area contributed by atoms with Crippen molar-refractivity contribution >= 4 is 18.0 Å². The molecule has 4 aliphatic carbocycles. The predicted molar refractivity (Wildman–Crippen MR) is 182 cm³/mol. The lowest BCUT2D eigenvalue weighted by Crippen LogP contribution is -2.58. The number of carbonyl (C=O) groups excluding carboxylic acids is 2. The molecule has 0 aliphatic heterocycles. The van der Waals surface area contributed by atoms with E-state index in [1.54, 1.807) is 24.3 Å². The van der Waals surface area contributed by atoms with Crippen molar-refractivity contribution in [2.75, 3.05) is 20.3 Å². The minimum atomic E-state index is -0.853. The van der Waals surface area contributed by atoms with Crippen LogP contribution in [0.5, 0.6) is 11.5 Å². The fourth-order valence-corrected chi connectivity index (χ4v) is 10.5. The Labute approximate surface area is 289 Å². The van der Waals surface area contributed by atoms with Crippen LogP contribution in [0.4, 0.5) is 0 Å². The van der Waals surface area contributed by atoms with E-state index in [9.17, 15) is 29.9 Å². The lowest BCUT2D eigenvalue weighted by atomic mass is 9.43. The zero-order valence-electron chi connectivity index (χ0n) is 29.5. The molecule has 0 heterocycles. The number of ether oxygens (including phenoxy) is 3. The largest absolute Gasteiger partial charge is 0.493 e. The average Bonchev–Trinajstić information content (AvgIpc) is 3.42. The molecule has 4 saturated carbocycles. The van der Waals surface area contributed by atoms with E-state index in [4.69, 9.17) is 14.2 Å². The molecular formula is C38H55NO10. The fourth-order valence-electron chi connectivity index (χ4n) is 10.5. The summed E-state index contributed by atoms with van der Waals surface area (Å²) in [6.45, 7) is 7.24. The van der Waals surface area contributed by atoms with Gasteiger partial charge in [-0.2, -0.15) is 0 Å². The minimum absolute atomic E-state index is 0.0447. The van der Waals surface area contributed by atoms with Gasteiger partial charge in [-0.25, -0.2) is 4.79 Å². The number of aliphatic hydroxyl groups excluding tert-OH is 2. The molecule has 0 radical (unpaired) electrons. The number of hydrogen-bond acceptors (Lipinski definition) is 10. The van der Waals surface area contributed by atoms with Gasteiger partial charge in [0, 0.05) is 12.5 Å². The molecule has 0 spiro atoms. The highest BCUT2D eigenvalue weighted by molar-refractivity contribution is 5.87. The van der Waals surface area contributed by atoms with E-state index < -0.39 is 11.1 Å². The summed E-state index contributed by atoms with van der Waals surface area (Å²) >= 11 is 0. The molecule has 0 saturated heterocycles. The van der Waals surface area contributed by atoms with Crippen LogP contribution in [0, 0.1) is 56.5 Å². The Bertz CT molecular complexity index is 1370. The number of benzene rings is 1. The molecule has 4 fully saturated rings. The van der Waals surface area contributed by atoms with Gasteiger partial charge in [0.2, 0.25) is 0 Å². The van der Waals surface area contributed by atoms with Crippen molar-refractivity contribution in [2.24, 2.45) is 46.3 Å². The summed E-state index contributed by atoms with van der Waals surface area (Å²) in [5.41, 5.74) is 1.02. The van der Waals surface area contributed by atoms with E-state index in [0.717, 1.165) is 57.8 Å². The molecule has 6 unspecified atom stereocenters. The molecule has 11 heteroatoms. The molecule has 11 nitrogen and oxygen atoms in total. The van der Waals surface area contributed by atoms with Gasteiger partial charge in [0.15, 0.2) is 11.5 Å². The second kappa shape index (κ2) is 15.8. The molecule has 2 N–H and O–H groups in total. The highest BCUT2D eigenvalue weighted by Crippen LogP contribution is 2.68. The second-order valence-electron chi connectivity index (χ2n) is 15.6. The minimum Gasteiger partial charge on any atom is -0.493 e. The van der Waals surface area contributed by atoms with E-state index in [-0.39, 0.29) is 42.2 Å². The number of unbranched alkanes of at least 4 members (excludes halogenated alkanes) is 1. The van der Waals surface area contributed by atoms with Gasteiger partial charge in [-0.1, -0.05) is 26.8 Å². The van der Waals surface area contributed by atoms with Crippen molar-refractivity contribution in [3.63, 3.8) is 0 Å². The summed E-state index contributed by atoms with van der Waals surface area (Å²) in [5, 5.41) is 31.2. The number of hydrogen-bond donors (Lipinski definition) is 2. The lowest BCUT2D eigenvalue weighted by Gasteiger charge is -2.62. The van der Waals surface area contributed by atoms with Crippen LogP contribution in [-0.2, 0) is 19.2 Å². The van der Waals surface area contributed by atoms with Gasteiger partial charge < -0.3 is 29.3 Å². The molecule has 0 bridgehead atoms. The maximum atomic E-state index is 13.0. The number of aliphatic hydroxyl groups is 2. The monoisotopic (exact) mass is 685 g/mol. The summed E-state index contributed by atoms with van der Waals surface area (Å²) in [6.07, 6.45) is 12.3. The van der Waals surface area contributed by atoms with E-state index in [2.05, 4.69) is 25.6 Å². The molecule has 0 amide bonds. The number of nitrogens with zero attached hydrogens (tertiary/aromatic N) is 1. The first kappa shape index (κ1) is 37.1. The Morgan fingerprint density at radius 2 is 1.76 bits per heavy atom. The van der Waals surface area contributed by atoms with Crippen LogP contribution in [0.25, 0.3) is 6.08 Å². The van der Waals surface area contributed by atoms with Gasteiger partial charge in [-0.15, -0.1) is 10.1 Å². The maximum absolute atomic E-state index is 13.0. The van der Waals surface area contributed by atoms with Crippen LogP contribution in [0.2, 0.25) is 0 Å². The van der Waals surface area contributed by atoms with Crippen LogP contribution < -0.4 is 9.47 Å². The summed E-state index contributed by atoms with van der Waals surface area (Å²) in [5.74, 6) is 2.41. The van der Waals surface area contributed by atoms with Gasteiger partial charge in [-0.05, 0) is 141 Å². The molecule has 49 heavy (non-hydrogen) atoms. The molecule has 1 aromatic carbocycles. The van der Waals surface area contributed by atoms with Crippen molar-refractivity contribution in [3.05, 3.63) is 40.0 Å². The Balaban J connectivity index is 1.11. The van der Waals surface area contributed by atoms with E-state index in [1.165, 1.54) is 13.2 Å². The number of carbonyl (C=O) groups is 2. The summed E-state index contributed by atoms with van der Waals surface area (Å²) < 4.78 is 16.3. The quantitative estimate of drug-likeness (QED) is 0.0550. The van der Waals surface area contributed by atoms with E-state index >= 15 is 0 Å². The van der Waals surface area contributed by atoms with Crippen molar-refractivity contribution in [3.8, 4) is 11.5 Å². The van der Waals surface area contributed by atoms with Crippen LogP contribution in [0.15, 0.2) is 24.3 Å². The highest BCUT2D eigenvalue weighted by Gasteiger charge is 2.62. The lowest BCUT2D eigenvalue weighted by molar-refractivity contribution is -0.757. The highest BCUT2D eigenvalue weighted by atomic mass is 16.9. The topological polar surface area (TPSA) is 155 Å². The first-order valence-electron chi connectivity index (χ1n) is 18.2. The number of esters is 2. The van der Waals surface area contributed by atoms with Crippen molar-refractivity contribution in [2.45, 2.75) is 110 Å². The molecule has 4 aliphatic rings. The SMILES string of the molecule is COc1cc(C=CC(=O)OCCCCO[N+](=O)[O-])ccc1OC(=O)CC[C@@H](C)[C@H]1CCC2C3C(CCC21C)C1(C)CC[C@@H](O)CC1C[C@H]3O. The second-order valence-corrected chi connectivity index (χ2v) is 15.6. The fraction of sp³-hybridized carbons (Fsp3) is 0.737. The van der Waals surface area contributed by atoms with Crippen molar-refractivity contribution < 1.29 is 43.9 Å². The Kier molecular flexibility index (Phi) is 12.0. The molecule has 272 valence electrons. The molecule has 5 rings (SSSR count). The average molecular weight is 686 g/mol. The van der Waals surface area contributed by atoms with Crippen LogP contribution in [0.3, 0.4) is 0 Å². The predicted octanol–water partition coefficient (Wildman–Crippen LogP) is 6.55. The van der Waals surface area contributed by atoms with E-state index in [0.29, 0.717) is 71.8 Å². The smallest absolute Gasteiger partial charge is 0.330 e. The first-order chi connectivity index (χ1) is 23.4. The number of fused-ring (bicyclic) bond motifs is 5. The van der Waals surface area contributed by atoms with Gasteiger partial charge in [0.1, 0.15) is 0 Å². The third-order valence-electron chi connectivity index (χ3n) is 13.0. The molecule has 0 aromatic heterocycles. The van der Waals surface area contributed by atoms with Gasteiger partial charge in [0.25, 0.3) is 5.09 Å². The van der Waals surface area contributed by atoms with Gasteiger partial charge in [0.05, 0.1) is 32.5 Å². The Morgan fingerprint density at radius 3 is 2.51 bits per heavy atom. The van der Waals surface area contributed by atoms with Crippen LogP contribution >= 0.6 is 0 Å². The first-order valence-corrected chi connectivity index (χ1v) is 18.2. The normalized spacial score (nSPS) is 34.3. The zero-order valence-corrected chi connectivity index (χ0v) is 29.5. The van der Waals surface area contributed by atoms with Gasteiger partial charge >= 0.3 is 11.9 Å². The van der Waals surface area contributed by atoms with Crippen LogP contribution in [-0.4, -0.2) is 59.8 Å². The molecule has 1 aromatic rings. The molecular weight excluding hydrogens is 630 g/mol.